The number of fused-ring (bicyclic) bond motifs is 2. The highest BCUT2D eigenvalue weighted by Gasteiger charge is 2.20. The first-order valence-electron chi connectivity index (χ1n) is 12.2. The van der Waals surface area contributed by atoms with Crippen LogP contribution in [0.1, 0.15) is 27.0 Å². The number of hydrogen-bond donors (Lipinski definition) is 0. The van der Waals surface area contributed by atoms with Gasteiger partial charge in [-0.1, -0.05) is 91.0 Å². The molecule has 5 aromatic rings. The maximum absolute atomic E-state index is 13.6. The van der Waals surface area contributed by atoms with Crippen LogP contribution in [0.25, 0.3) is 27.9 Å². The molecule has 0 aliphatic heterocycles. The number of carbonyl (C=O) groups is 2. The standard InChI is InChI=1S/C33H25NO4/c1-22-15-19-26(20-16-22)38-33(36)31-27-12-6-7-13-28(27)34-29-14-8-11-25(30(29)31)18-17-23(2)32(35)37-21-24-9-4-3-5-10-24/h3-20H,2,21H2,1H3. The van der Waals surface area contributed by atoms with Crippen LogP contribution >= 0.6 is 0 Å². The van der Waals surface area contributed by atoms with Crippen LogP contribution in [0.5, 0.6) is 5.75 Å². The number of carbonyl (C=O) groups excluding carboxylic acids is 2. The number of pyridine rings is 1. The van der Waals surface area contributed by atoms with Gasteiger partial charge in [0.05, 0.1) is 22.2 Å². The van der Waals surface area contributed by atoms with E-state index in [9.17, 15) is 9.59 Å². The summed E-state index contributed by atoms with van der Waals surface area (Å²) in [6.45, 7) is 5.99. The van der Waals surface area contributed by atoms with Crippen LogP contribution < -0.4 is 4.74 Å². The zero-order valence-corrected chi connectivity index (χ0v) is 20.9. The molecule has 5 nitrogen and oxygen atoms in total. The molecule has 0 atom stereocenters. The van der Waals surface area contributed by atoms with E-state index in [4.69, 9.17) is 14.5 Å². The number of para-hydroxylation sites is 1. The molecule has 4 aromatic carbocycles. The summed E-state index contributed by atoms with van der Waals surface area (Å²) in [6.07, 6.45) is 3.33. The van der Waals surface area contributed by atoms with Crippen molar-refractivity contribution in [3.8, 4) is 5.75 Å². The third-order valence-corrected chi connectivity index (χ3v) is 6.11. The lowest BCUT2D eigenvalue weighted by atomic mass is 9.98. The molecule has 1 aromatic heterocycles. The molecule has 0 aliphatic rings. The molecule has 0 fully saturated rings. The van der Waals surface area contributed by atoms with E-state index in [0.717, 1.165) is 11.1 Å². The number of ether oxygens (including phenoxy) is 2. The maximum atomic E-state index is 13.6. The van der Waals surface area contributed by atoms with Crippen LogP contribution in [0.3, 0.4) is 0 Å². The molecule has 0 aliphatic carbocycles. The number of aryl methyl sites for hydroxylation is 1. The number of nitrogens with zero attached hydrogens (tertiary/aromatic N) is 1. The summed E-state index contributed by atoms with van der Waals surface area (Å²) in [7, 11) is 0. The van der Waals surface area contributed by atoms with E-state index < -0.39 is 11.9 Å². The summed E-state index contributed by atoms with van der Waals surface area (Å²) in [5.41, 5.74) is 4.58. The highest BCUT2D eigenvalue weighted by Crippen LogP contribution is 2.31. The van der Waals surface area contributed by atoms with Gasteiger partial charge in [-0.25, -0.2) is 14.6 Å². The Bertz CT molecular complexity index is 1690. The van der Waals surface area contributed by atoms with Gasteiger partial charge in [0, 0.05) is 10.8 Å². The largest absolute Gasteiger partial charge is 0.457 e. The van der Waals surface area contributed by atoms with Gasteiger partial charge in [0.2, 0.25) is 0 Å². The Morgan fingerprint density at radius 1 is 0.842 bits per heavy atom. The summed E-state index contributed by atoms with van der Waals surface area (Å²) in [5, 5.41) is 1.31. The van der Waals surface area contributed by atoms with Crippen LogP contribution in [-0.4, -0.2) is 16.9 Å². The molecule has 5 heteroatoms. The van der Waals surface area contributed by atoms with Crippen molar-refractivity contribution in [2.45, 2.75) is 13.5 Å². The third kappa shape index (κ3) is 5.37. The fraction of sp³-hybridized carbons (Fsp3) is 0.0606. The van der Waals surface area contributed by atoms with Crippen molar-refractivity contribution in [3.05, 3.63) is 138 Å². The first kappa shape index (κ1) is 24.7. The number of rotatable bonds is 7. The summed E-state index contributed by atoms with van der Waals surface area (Å²) < 4.78 is 11.2. The maximum Gasteiger partial charge on any atom is 0.344 e. The fourth-order valence-corrected chi connectivity index (χ4v) is 4.16. The average Bonchev–Trinajstić information content (AvgIpc) is 2.95. The Labute approximate surface area is 220 Å². The van der Waals surface area contributed by atoms with Crippen LogP contribution in [0.4, 0.5) is 0 Å². The van der Waals surface area contributed by atoms with Crippen LogP contribution in [0.15, 0.2) is 115 Å². The smallest absolute Gasteiger partial charge is 0.344 e. The minimum atomic E-state index is -0.520. The highest BCUT2D eigenvalue weighted by molar-refractivity contribution is 6.16. The highest BCUT2D eigenvalue weighted by atomic mass is 16.5. The van der Waals surface area contributed by atoms with Crippen LogP contribution in [-0.2, 0) is 16.1 Å². The van der Waals surface area contributed by atoms with Crippen molar-refractivity contribution in [1.29, 1.82) is 0 Å². The minimum Gasteiger partial charge on any atom is -0.457 e. The quantitative estimate of drug-likeness (QED) is 0.0777. The molecule has 0 amide bonds. The molecule has 5 rings (SSSR count). The average molecular weight is 500 g/mol. The van der Waals surface area contributed by atoms with Crippen molar-refractivity contribution in [2.24, 2.45) is 0 Å². The van der Waals surface area contributed by atoms with Gasteiger partial charge in [-0.2, -0.15) is 0 Å². The second-order valence-electron chi connectivity index (χ2n) is 8.87. The fourth-order valence-electron chi connectivity index (χ4n) is 4.16. The van der Waals surface area contributed by atoms with Gasteiger partial charge in [0.25, 0.3) is 0 Å². The molecule has 0 saturated heterocycles. The zero-order chi connectivity index (χ0) is 26.5. The summed E-state index contributed by atoms with van der Waals surface area (Å²) in [5.74, 6) is -0.551. The molecule has 0 radical (unpaired) electrons. The summed E-state index contributed by atoms with van der Waals surface area (Å²) in [4.78, 5) is 30.9. The third-order valence-electron chi connectivity index (χ3n) is 6.11. The summed E-state index contributed by atoms with van der Waals surface area (Å²) in [6, 6.07) is 29.8. The van der Waals surface area contributed by atoms with Gasteiger partial charge >= 0.3 is 11.9 Å². The molecular weight excluding hydrogens is 474 g/mol. The lowest BCUT2D eigenvalue weighted by Gasteiger charge is -2.13. The van der Waals surface area contributed by atoms with Gasteiger partial charge in [-0.3, -0.25) is 0 Å². The molecule has 0 spiro atoms. The topological polar surface area (TPSA) is 65.5 Å². The molecule has 38 heavy (non-hydrogen) atoms. The first-order chi connectivity index (χ1) is 18.5. The lowest BCUT2D eigenvalue weighted by Crippen LogP contribution is -2.11. The molecule has 0 bridgehead atoms. The van der Waals surface area contributed by atoms with Crippen molar-refractivity contribution in [2.75, 3.05) is 0 Å². The lowest BCUT2D eigenvalue weighted by molar-refractivity contribution is -0.139. The monoisotopic (exact) mass is 499 g/mol. The molecule has 0 unspecified atom stereocenters. The van der Waals surface area contributed by atoms with E-state index in [1.54, 1.807) is 24.3 Å². The van der Waals surface area contributed by atoms with E-state index in [2.05, 4.69) is 6.58 Å². The Kier molecular flexibility index (Phi) is 7.09. The van der Waals surface area contributed by atoms with Crippen LogP contribution in [0, 0.1) is 6.92 Å². The second-order valence-corrected chi connectivity index (χ2v) is 8.87. The number of hydrogen-bond acceptors (Lipinski definition) is 5. The minimum absolute atomic E-state index is 0.158. The van der Waals surface area contributed by atoms with Crippen molar-refractivity contribution < 1.29 is 19.1 Å². The van der Waals surface area contributed by atoms with E-state index in [1.165, 1.54) is 0 Å². The van der Waals surface area contributed by atoms with Crippen molar-refractivity contribution >= 4 is 39.8 Å². The van der Waals surface area contributed by atoms with E-state index >= 15 is 0 Å². The molecule has 0 saturated carbocycles. The molecule has 1 heterocycles. The second kappa shape index (κ2) is 10.9. The first-order valence-corrected chi connectivity index (χ1v) is 12.2. The molecular formula is C33H25NO4. The number of benzene rings is 4. The molecule has 186 valence electrons. The van der Waals surface area contributed by atoms with Gasteiger partial charge in [-0.15, -0.1) is 0 Å². The Morgan fingerprint density at radius 2 is 1.55 bits per heavy atom. The Balaban J connectivity index is 1.50. The van der Waals surface area contributed by atoms with E-state index in [1.807, 2.05) is 91.9 Å². The van der Waals surface area contributed by atoms with Gasteiger partial charge in [-0.05, 0) is 48.4 Å². The number of aromatic nitrogens is 1. The van der Waals surface area contributed by atoms with Crippen molar-refractivity contribution in [1.82, 2.24) is 4.98 Å². The Morgan fingerprint density at radius 3 is 2.34 bits per heavy atom. The predicted octanol–water partition coefficient (Wildman–Crippen LogP) is 7.23. The van der Waals surface area contributed by atoms with Crippen molar-refractivity contribution in [3.63, 3.8) is 0 Å². The Hall–Kier alpha value is -5.03. The van der Waals surface area contributed by atoms with Gasteiger partial charge in [0.1, 0.15) is 12.4 Å². The number of esters is 2. The van der Waals surface area contributed by atoms with Crippen LogP contribution in [0.2, 0.25) is 0 Å². The van der Waals surface area contributed by atoms with E-state index in [0.29, 0.717) is 38.7 Å². The molecule has 0 N–H and O–H groups in total. The van der Waals surface area contributed by atoms with Gasteiger partial charge in [0.15, 0.2) is 0 Å². The predicted molar refractivity (Wildman–Crippen MR) is 150 cm³/mol. The zero-order valence-electron chi connectivity index (χ0n) is 20.9. The van der Waals surface area contributed by atoms with E-state index in [-0.39, 0.29) is 12.2 Å². The summed E-state index contributed by atoms with van der Waals surface area (Å²) >= 11 is 0. The SMILES string of the molecule is C=C(C=Cc1cccc2nc3ccccc3c(C(=O)Oc3ccc(C)cc3)c12)C(=O)OCc1ccccc1. The normalized spacial score (nSPS) is 11.1. The van der Waals surface area contributed by atoms with Gasteiger partial charge < -0.3 is 9.47 Å².